The molecule has 102 valence electrons. The lowest BCUT2D eigenvalue weighted by molar-refractivity contribution is 0.547. The SMILES string of the molecule is Cc1ccc(N(CCCN)CCCC(C)C)cc1. The molecule has 0 aliphatic carbocycles. The first-order valence-corrected chi connectivity index (χ1v) is 7.15. The van der Waals surface area contributed by atoms with E-state index in [4.69, 9.17) is 5.73 Å². The predicted molar refractivity (Wildman–Crippen MR) is 81.1 cm³/mol. The van der Waals surface area contributed by atoms with Gasteiger partial charge in [-0.15, -0.1) is 0 Å². The van der Waals surface area contributed by atoms with E-state index in [1.165, 1.54) is 24.1 Å². The molecule has 0 unspecified atom stereocenters. The minimum Gasteiger partial charge on any atom is -0.371 e. The average Bonchev–Trinajstić information content (AvgIpc) is 2.34. The summed E-state index contributed by atoms with van der Waals surface area (Å²) in [5, 5.41) is 0. The second-order valence-corrected chi connectivity index (χ2v) is 5.50. The van der Waals surface area contributed by atoms with Gasteiger partial charge >= 0.3 is 0 Å². The monoisotopic (exact) mass is 248 g/mol. The third-order valence-electron chi connectivity index (χ3n) is 3.24. The number of benzene rings is 1. The van der Waals surface area contributed by atoms with Crippen LogP contribution in [0.15, 0.2) is 24.3 Å². The number of aryl methyl sites for hydroxylation is 1. The summed E-state index contributed by atoms with van der Waals surface area (Å²) in [6, 6.07) is 8.82. The molecule has 0 spiro atoms. The fourth-order valence-electron chi connectivity index (χ4n) is 2.10. The Morgan fingerprint density at radius 2 is 1.67 bits per heavy atom. The molecule has 18 heavy (non-hydrogen) atoms. The third-order valence-corrected chi connectivity index (χ3v) is 3.24. The van der Waals surface area contributed by atoms with Gasteiger partial charge in [-0.25, -0.2) is 0 Å². The van der Waals surface area contributed by atoms with Gasteiger partial charge in [-0.2, -0.15) is 0 Å². The standard InChI is InChI=1S/C16H28N2/c1-14(2)6-4-12-18(13-5-11-17)16-9-7-15(3)8-10-16/h7-10,14H,4-6,11-13,17H2,1-3H3. The second-order valence-electron chi connectivity index (χ2n) is 5.50. The number of hydrogen-bond donors (Lipinski definition) is 1. The molecule has 0 aliphatic rings. The molecule has 0 saturated heterocycles. The van der Waals surface area contributed by atoms with E-state index < -0.39 is 0 Å². The molecule has 2 N–H and O–H groups in total. The van der Waals surface area contributed by atoms with Crippen LogP contribution in [-0.4, -0.2) is 19.6 Å². The minimum absolute atomic E-state index is 0.770. The van der Waals surface area contributed by atoms with Crippen molar-refractivity contribution in [2.24, 2.45) is 11.7 Å². The first kappa shape index (κ1) is 15.0. The summed E-state index contributed by atoms with van der Waals surface area (Å²) in [6.07, 6.45) is 3.62. The molecule has 0 aliphatic heterocycles. The Bertz CT molecular complexity index is 316. The van der Waals surface area contributed by atoms with Gasteiger partial charge < -0.3 is 10.6 Å². The topological polar surface area (TPSA) is 29.3 Å². The van der Waals surface area contributed by atoms with Crippen LogP contribution in [0.1, 0.15) is 38.7 Å². The first-order chi connectivity index (χ1) is 8.63. The molecule has 0 aromatic heterocycles. The summed E-state index contributed by atoms with van der Waals surface area (Å²) in [5.74, 6) is 0.791. The Morgan fingerprint density at radius 1 is 1.06 bits per heavy atom. The summed E-state index contributed by atoms with van der Waals surface area (Å²) in [6.45, 7) is 9.68. The summed E-state index contributed by atoms with van der Waals surface area (Å²) < 4.78 is 0. The van der Waals surface area contributed by atoms with Gasteiger partial charge in [0.2, 0.25) is 0 Å². The smallest absolute Gasteiger partial charge is 0.0366 e. The molecular formula is C16H28N2. The Labute approximate surface area is 112 Å². The highest BCUT2D eigenvalue weighted by molar-refractivity contribution is 5.47. The van der Waals surface area contributed by atoms with Crippen LogP contribution < -0.4 is 10.6 Å². The van der Waals surface area contributed by atoms with Crippen LogP contribution >= 0.6 is 0 Å². The molecule has 0 saturated carbocycles. The van der Waals surface area contributed by atoms with E-state index in [9.17, 15) is 0 Å². The molecule has 1 aromatic rings. The molecule has 2 nitrogen and oxygen atoms in total. The van der Waals surface area contributed by atoms with Gasteiger partial charge in [-0.05, 0) is 50.8 Å². The van der Waals surface area contributed by atoms with Gasteiger partial charge in [0.25, 0.3) is 0 Å². The van der Waals surface area contributed by atoms with Crippen molar-refractivity contribution >= 4 is 5.69 Å². The zero-order chi connectivity index (χ0) is 13.4. The molecule has 0 heterocycles. The van der Waals surface area contributed by atoms with Crippen LogP contribution in [0.25, 0.3) is 0 Å². The lowest BCUT2D eigenvalue weighted by Gasteiger charge is -2.25. The maximum Gasteiger partial charge on any atom is 0.0366 e. The maximum atomic E-state index is 5.63. The molecule has 0 bridgehead atoms. The predicted octanol–water partition coefficient (Wildman–Crippen LogP) is 3.59. The van der Waals surface area contributed by atoms with Gasteiger partial charge in [0, 0.05) is 18.8 Å². The second kappa shape index (κ2) is 8.15. The van der Waals surface area contributed by atoms with Crippen LogP contribution in [0.2, 0.25) is 0 Å². The first-order valence-electron chi connectivity index (χ1n) is 7.15. The molecule has 1 rings (SSSR count). The maximum absolute atomic E-state index is 5.63. The van der Waals surface area contributed by atoms with E-state index in [0.717, 1.165) is 32.0 Å². The molecular weight excluding hydrogens is 220 g/mol. The molecule has 1 aromatic carbocycles. The van der Waals surface area contributed by atoms with Gasteiger partial charge in [0.1, 0.15) is 0 Å². The van der Waals surface area contributed by atoms with Crippen molar-refractivity contribution in [3.8, 4) is 0 Å². The van der Waals surface area contributed by atoms with Crippen LogP contribution in [-0.2, 0) is 0 Å². The van der Waals surface area contributed by atoms with Crippen LogP contribution in [0.5, 0.6) is 0 Å². The largest absolute Gasteiger partial charge is 0.371 e. The van der Waals surface area contributed by atoms with Gasteiger partial charge in [0.15, 0.2) is 0 Å². The number of anilines is 1. The number of nitrogens with zero attached hydrogens (tertiary/aromatic N) is 1. The normalized spacial score (nSPS) is 10.9. The highest BCUT2D eigenvalue weighted by Crippen LogP contribution is 2.17. The lowest BCUT2D eigenvalue weighted by atomic mass is 10.1. The van der Waals surface area contributed by atoms with Crippen molar-refractivity contribution in [2.75, 3.05) is 24.5 Å². The van der Waals surface area contributed by atoms with Gasteiger partial charge in [-0.3, -0.25) is 0 Å². The third kappa shape index (κ3) is 5.54. The van der Waals surface area contributed by atoms with Crippen LogP contribution in [0, 0.1) is 12.8 Å². The highest BCUT2D eigenvalue weighted by Gasteiger charge is 2.06. The summed E-state index contributed by atoms with van der Waals surface area (Å²) in [5.41, 5.74) is 8.28. The van der Waals surface area contributed by atoms with E-state index >= 15 is 0 Å². The molecule has 0 fully saturated rings. The van der Waals surface area contributed by atoms with E-state index in [1.807, 2.05) is 0 Å². The van der Waals surface area contributed by atoms with E-state index in [1.54, 1.807) is 0 Å². The fraction of sp³-hybridized carbons (Fsp3) is 0.625. The summed E-state index contributed by atoms with van der Waals surface area (Å²) >= 11 is 0. The lowest BCUT2D eigenvalue weighted by Crippen LogP contribution is -2.27. The Hall–Kier alpha value is -1.02. The average molecular weight is 248 g/mol. The van der Waals surface area contributed by atoms with Crippen LogP contribution in [0.4, 0.5) is 5.69 Å². The van der Waals surface area contributed by atoms with Gasteiger partial charge in [0.05, 0.1) is 0 Å². The molecule has 0 radical (unpaired) electrons. The molecule has 0 amide bonds. The van der Waals surface area contributed by atoms with Crippen molar-refractivity contribution < 1.29 is 0 Å². The Balaban J connectivity index is 2.56. The van der Waals surface area contributed by atoms with Crippen molar-refractivity contribution in [1.82, 2.24) is 0 Å². The summed E-state index contributed by atoms with van der Waals surface area (Å²) in [4.78, 5) is 2.47. The quantitative estimate of drug-likeness (QED) is 0.762. The number of rotatable bonds is 8. The Kier molecular flexibility index (Phi) is 6.81. The van der Waals surface area contributed by atoms with Crippen molar-refractivity contribution in [2.45, 2.75) is 40.0 Å². The number of hydrogen-bond acceptors (Lipinski definition) is 2. The summed E-state index contributed by atoms with van der Waals surface area (Å²) in [7, 11) is 0. The highest BCUT2D eigenvalue weighted by atomic mass is 15.1. The van der Waals surface area contributed by atoms with Crippen molar-refractivity contribution in [1.29, 1.82) is 0 Å². The minimum atomic E-state index is 0.770. The molecule has 2 heteroatoms. The number of nitrogens with two attached hydrogens (primary N) is 1. The Morgan fingerprint density at radius 3 is 2.22 bits per heavy atom. The van der Waals surface area contributed by atoms with Crippen molar-refractivity contribution in [3.05, 3.63) is 29.8 Å². The zero-order valence-electron chi connectivity index (χ0n) is 12.2. The van der Waals surface area contributed by atoms with Crippen molar-refractivity contribution in [3.63, 3.8) is 0 Å². The zero-order valence-corrected chi connectivity index (χ0v) is 12.2. The van der Waals surface area contributed by atoms with E-state index in [2.05, 4.69) is 49.9 Å². The fourth-order valence-corrected chi connectivity index (χ4v) is 2.10. The molecule has 0 atom stereocenters. The van der Waals surface area contributed by atoms with Gasteiger partial charge in [-0.1, -0.05) is 31.5 Å². The van der Waals surface area contributed by atoms with E-state index in [-0.39, 0.29) is 0 Å². The van der Waals surface area contributed by atoms with E-state index in [0.29, 0.717) is 0 Å². The van der Waals surface area contributed by atoms with Crippen LogP contribution in [0.3, 0.4) is 0 Å².